The van der Waals surface area contributed by atoms with E-state index in [-0.39, 0.29) is 36.7 Å². The Balaban J connectivity index is 0.00000180. The number of hydrogen-bond acceptors (Lipinski definition) is 3. The summed E-state index contributed by atoms with van der Waals surface area (Å²) < 4.78 is 18.5. The van der Waals surface area contributed by atoms with E-state index in [9.17, 15) is 9.18 Å². The number of carbonyl (C=O) groups is 1. The van der Waals surface area contributed by atoms with Gasteiger partial charge in [-0.15, -0.1) is 12.4 Å². The van der Waals surface area contributed by atoms with Gasteiger partial charge in [0.1, 0.15) is 0 Å². The smallest absolute Gasteiger partial charge is 0.260 e. The van der Waals surface area contributed by atoms with Gasteiger partial charge in [0.15, 0.2) is 18.2 Å². The number of amides is 1. The first-order valence-corrected chi connectivity index (χ1v) is 6.07. The second kappa shape index (κ2) is 7.31. The van der Waals surface area contributed by atoms with Crippen LogP contribution in [0.15, 0.2) is 24.3 Å². The number of para-hydroxylation sites is 1. The van der Waals surface area contributed by atoms with Crippen molar-refractivity contribution in [1.29, 1.82) is 0 Å². The van der Waals surface area contributed by atoms with Crippen LogP contribution in [-0.2, 0) is 4.79 Å². The van der Waals surface area contributed by atoms with Crippen LogP contribution in [0, 0.1) is 5.82 Å². The molecular weight excluding hydrogens is 271 g/mol. The van der Waals surface area contributed by atoms with E-state index in [1.807, 2.05) is 0 Å². The molecular formula is C13H18ClFN2O2. The van der Waals surface area contributed by atoms with Crippen molar-refractivity contribution in [3.05, 3.63) is 30.1 Å². The average Bonchev–Trinajstić information content (AvgIpc) is 2.37. The van der Waals surface area contributed by atoms with Gasteiger partial charge in [-0.05, 0) is 25.0 Å². The van der Waals surface area contributed by atoms with Crippen molar-refractivity contribution < 1.29 is 13.9 Å². The topological polar surface area (TPSA) is 55.6 Å². The van der Waals surface area contributed by atoms with Gasteiger partial charge in [-0.1, -0.05) is 12.1 Å². The fourth-order valence-electron chi connectivity index (χ4n) is 2.03. The predicted octanol–water partition coefficient (Wildman–Crippen LogP) is 1.58. The lowest BCUT2D eigenvalue weighted by atomic mass is 10.1. The van der Waals surface area contributed by atoms with Gasteiger partial charge in [0, 0.05) is 19.1 Å². The number of halogens is 2. The predicted molar refractivity (Wildman–Crippen MR) is 72.9 cm³/mol. The minimum absolute atomic E-state index is 0. The first-order chi connectivity index (χ1) is 8.66. The first kappa shape index (κ1) is 15.7. The van der Waals surface area contributed by atoms with Crippen LogP contribution in [-0.4, -0.2) is 36.5 Å². The Hall–Kier alpha value is -1.33. The summed E-state index contributed by atoms with van der Waals surface area (Å²) in [4.78, 5) is 13.5. The molecule has 106 valence electrons. The lowest BCUT2D eigenvalue weighted by molar-refractivity contribution is -0.134. The molecule has 0 saturated carbocycles. The fourth-order valence-corrected chi connectivity index (χ4v) is 2.03. The molecule has 0 aliphatic carbocycles. The number of carbonyl (C=O) groups excluding carboxylic acids is 1. The number of nitrogens with zero attached hydrogens (tertiary/aromatic N) is 1. The molecule has 1 amide bonds. The van der Waals surface area contributed by atoms with E-state index < -0.39 is 5.82 Å². The van der Waals surface area contributed by atoms with E-state index in [2.05, 4.69) is 0 Å². The maximum atomic E-state index is 13.3. The highest BCUT2D eigenvalue weighted by Crippen LogP contribution is 2.16. The number of rotatable bonds is 3. The van der Waals surface area contributed by atoms with Crippen LogP contribution in [0.3, 0.4) is 0 Å². The molecule has 4 nitrogen and oxygen atoms in total. The summed E-state index contributed by atoms with van der Waals surface area (Å²) in [5, 5.41) is 0. The van der Waals surface area contributed by atoms with Gasteiger partial charge in [0.05, 0.1) is 0 Å². The van der Waals surface area contributed by atoms with Gasteiger partial charge < -0.3 is 15.4 Å². The molecule has 1 fully saturated rings. The van der Waals surface area contributed by atoms with Crippen molar-refractivity contribution in [1.82, 2.24) is 4.90 Å². The number of hydrogen-bond donors (Lipinski definition) is 1. The van der Waals surface area contributed by atoms with Crippen LogP contribution in [0.5, 0.6) is 5.75 Å². The second-order valence-electron chi connectivity index (χ2n) is 4.46. The average molecular weight is 289 g/mol. The summed E-state index contributed by atoms with van der Waals surface area (Å²) in [5.41, 5.74) is 5.80. The van der Waals surface area contributed by atoms with Crippen molar-refractivity contribution in [2.24, 2.45) is 5.73 Å². The van der Waals surface area contributed by atoms with Gasteiger partial charge in [-0.3, -0.25) is 4.79 Å². The van der Waals surface area contributed by atoms with Crippen molar-refractivity contribution >= 4 is 18.3 Å². The Bertz CT molecular complexity index is 431. The zero-order chi connectivity index (χ0) is 13.0. The normalized spacial score (nSPS) is 18.6. The Labute approximate surface area is 118 Å². The zero-order valence-electron chi connectivity index (χ0n) is 10.5. The summed E-state index contributed by atoms with van der Waals surface area (Å²) in [7, 11) is 0. The standard InChI is InChI=1S/C13H17FN2O2.ClH/c14-11-5-1-2-6-12(11)18-9-13(17)16-7-3-4-10(15)8-16;/h1-2,5-6,10H,3-4,7-9,15H2;1H. The molecule has 19 heavy (non-hydrogen) atoms. The van der Waals surface area contributed by atoms with Crippen molar-refractivity contribution in [2.45, 2.75) is 18.9 Å². The highest BCUT2D eigenvalue weighted by Gasteiger charge is 2.21. The van der Waals surface area contributed by atoms with Crippen molar-refractivity contribution in [3.8, 4) is 5.75 Å². The largest absolute Gasteiger partial charge is 0.481 e. The molecule has 1 aromatic carbocycles. The molecule has 1 aliphatic rings. The molecule has 1 aliphatic heterocycles. The highest BCUT2D eigenvalue weighted by molar-refractivity contribution is 5.85. The molecule has 2 N–H and O–H groups in total. The number of benzene rings is 1. The van der Waals surface area contributed by atoms with E-state index >= 15 is 0 Å². The minimum Gasteiger partial charge on any atom is -0.481 e. The van der Waals surface area contributed by atoms with Gasteiger partial charge in [0.25, 0.3) is 5.91 Å². The van der Waals surface area contributed by atoms with Crippen molar-refractivity contribution in [3.63, 3.8) is 0 Å². The molecule has 2 rings (SSSR count). The van der Waals surface area contributed by atoms with E-state index in [0.717, 1.165) is 12.8 Å². The molecule has 1 atom stereocenters. The van der Waals surface area contributed by atoms with Crippen LogP contribution in [0.4, 0.5) is 4.39 Å². The molecule has 1 heterocycles. The molecule has 0 radical (unpaired) electrons. The Kier molecular flexibility index (Phi) is 6.05. The molecule has 1 unspecified atom stereocenters. The van der Waals surface area contributed by atoms with Crippen LogP contribution in [0.1, 0.15) is 12.8 Å². The lowest BCUT2D eigenvalue weighted by Crippen LogP contribution is -2.47. The molecule has 0 bridgehead atoms. The minimum atomic E-state index is -0.458. The summed E-state index contributed by atoms with van der Waals surface area (Å²) >= 11 is 0. The third kappa shape index (κ3) is 4.36. The SMILES string of the molecule is Cl.NC1CCCN(C(=O)COc2ccccc2F)C1. The van der Waals surface area contributed by atoms with E-state index in [1.54, 1.807) is 17.0 Å². The maximum Gasteiger partial charge on any atom is 0.260 e. The Morgan fingerprint density at radius 3 is 2.89 bits per heavy atom. The van der Waals surface area contributed by atoms with Gasteiger partial charge >= 0.3 is 0 Å². The number of likely N-dealkylation sites (tertiary alicyclic amines) is 1. The maximum absolute atomic E-state index is 13.3. The van der Waals surface area contributed by atoms with E-state index in [1.165, 1.54) is 12.1 Å². The van der Waals surface area contributed by atoms with Gasteiger partial charge in [-0.25, -0.2) is 4.39 Å². The Morgan fingerprint density at radius 2 is 2.21 bits per heavy atom. The summed E-state index contributed by atoms with van der Waals surface area (Å²) in [6, 6.07) is 6.09. The van der Waals surface area contributed by atoms with Crippen LogP contribution in [0.25, 0.3) is 0 Å². The monoisotopic (exact) mass is 288 g/mol. The lowest BCUT2D eigenvalue weighted by Gasteiger charge is -2.30. The van der Waals surface area contributed by atoms with E-state index in [0.29, 0.717) is 13.1 Å². The summed E-state index contributed by atoms with van der Waals surface area (Å²) in [5.74, 6) is -0.499. The molecule has 0 aromatic heterocycles. The quantitative estimate of drug-likeness (QED) is 0.919. The molecule has 1 aromatic rings. The molecule has 6 heteroatoms. The van der Waals surface area contributed by atoms with Crippen LogP contribution < -0.4 is 10.5 Å². The second-order valence-corrected chi connectivity index (χ2v) is 4.46. The van der Waals surface area contributed by atoms with Gasteiger partial charge in [0.2, 0.25) is 0 Å². The van der Waals surface area contributed by atoms with Crippen LogP contribution in [0.2, 0.25) is 0 Å². The summed E-state index contributed by atoms with van der Waals surface area (Å²) in [6.07, 6.45) is 1.85. The number of nitrogens with two attached hydrogens (primary N) is 1. The molecule has 1 saturated heterocycles. The number of ether oxygens (including phenoxy) is 1. The van der Waals surface area contributed by atoms with E-state index in [4.69, 9.17) is 10.5 Å². The third-order valence-electron chi connectivity index (χ3n) is 3.00. The Morgan fingerprint density at radius 1 is 1.47 bits per heavy atom. The highest BCUT2D eigenvalue weighted by atomic mass is 35.5. The fraction of sp³-hybridized carbons (Fsp3) is 0.462. The zero-order valence-corrected chi connectivity index (χ0v) is 11.4. The van der Waals surface area contributed by atoms with Crippen LogP contribution >= 0.6 is 12.4 Å². The molecule has 0 spiro atoms. The number of piperidine rings is 1. The third-order valence-corrected chi connectivity index (χ3v) is 3.00. The van der Waals surface area contributed by atoms with Crippen molar-refractivity contribution in [2.75, 3.05) is 19.7 Å². The first-order valence-electron chi connectivity index (χ1n) is 6.07. The van der Waals surface area contributed by atoms with Gasteiger partial charge in [-0.2, -0.15) is 0 Å². The summed E-state index contributed by atoms with van der Waals surface area (Å²) in [6.45, 7) is 1.11.